The molecule has 0 aliphatic rings. The fourth-order valence-corrected chi connectivity index (χ4v) is 2.90. The molecule has 1 rings (SSSR count). The van der Waals surface area contributed by atoms with Crippen molar-refractivity contribution >= 4 is 16.3 Å². The average Bonchev–Trinajstić information content (AvgIpc) is 2.27. The van der Waals surface area contributed by atoms with Gasteiger partial charge in [-0.1, -0.05) is 25.5 Å². The van der Waals surface area contributed by atoms with Gasteiger partial charge in [0, 0.05) is 0 Å². The number of hydrogen-bond donors (Lipinski definition) is 0. The molecule has 4 nitrogen and oxygen atoms in total. The van der Waals surface area contributed by atoms with E-state index in [1.165, 1.54) is 12.1 Å². The second-order valence-corrected chi connectivity index (χ2v) is 5.41. The Hall–Kier alpha value is -1.36. The highest BCUT2D eigenvalue weighted by molar-refractivity contribution is 7.91. The van der Waals surface area contributed by atoms with E-state index in [9.17, 15) is 13.2 Å². The van der Waals surface area contributed by atoms with E-state index in [4.69, 9.17) is 0 Å². The van der Waals surface area contributed by atoms with Crippen LogP contribution in [0.5, 0.6) is 5.75 Å². The molecule has 88 valence electrons. The highest BCUT2D eigenvalue weighted by Gasteiger charge is 2.18. The summed E-state index contributed by atoms with van der Waals surface area (Å²) in [6.45, 7) is 2.15. The highest BCUT2D eigenvalue weighted by atomic mass is 32.2. The molecule has 0 amide bonds. The van der Waals surface area contributed by atoms with Crippen LogP contribution in [-0.2, 0) is 14.6 Å². The van der Waals surface area contributed by atoms with Crippen LogP contribution in [-0.4, -0.2) is 20.6 Å². The minimum absolute atomic E-state index is 0.0722. The van der Waals surface area contributed by atoms with E-state index in [1.54, 1.807) is 12.1 Å². The van der Waals surface area contributed by atoms with Crippen LogP contribution in [0.2, 0.25) is 0 Å². The summed E-state index contributed by atoms with van der Waals surface area (Å²) in [4.78, 5) is 10.3. The second kappa shape index (κ2) is 5.65. The van der Waals surface area contributed by atoms with Crippen molar-refractivity contribution in [3.8, 4) is 5.75 Å². The van der Waals surface area contributed by atoms with Gasteiger partial charge in [0.05, 0.1) is 5.75 Å². The molecule has 0 aromatic heterocycles. The predicted octanol–water partition coefficient (Wildman–Crippen LogP) is 1.80. The van der Waals surface area contributed by atoms with E-state index in [2.05, 4.69) is 4.74 Å². The molecule has 0 saturated carbocycles. The zero-order valence-electron chi connectivity index (χ0n) is 9.05. The molecule has 1 aromatic carbocycles. The van der Waals surface area contributed by atoms with Gasteiger partial charge in [-0.2, -0.15) is 0 Å². The number of sulfone groups is 1. The third-order valence-corrected chi connectivity index (χ3v) is 3.96. The molecule has 0 aliphatic heterocycles. The van der Waals surface area contributed by atoms with Crippen molar-refractivity contribution in [1.29, 1.82) is 0 Å². The Balaban J connectivity index is 3.06. The quantitative estimate of drug-likeness (QED) is 0.714. The Bertz CT molecular complexity index is 451. The molecular weight excluding hydrogens is 228 g/mol. The van der Waals surface area contributed by atoms with Crippen LogP contribution >= 0.6 is 0 Å². The monoisotopic (exact) mass is 242 g/mol. The van der Waals surface area contributed by atoms with Crippen molar-refractivity contribution in [2.45, 2.75) is 24.7 Å². The molecule has 0 unspecified atom stereocenters. The van der Waals surface area contributed by atoms with E-state index in [-0.39, 0.29) is 22.9 Å². The maximum atomic E-state index is 11.9. The summed E-state index contributed by atoms with van der Waals surface area (Å²) in [6.07, 6.45) is 1.40. The minimum Gasteiger partial charge on any atom is -0.427 e. The van der Waals surface area contributed by atoms with Gasteiger partial charge in [0.25, 0.3) is 6.47 Å². The van der Waals surface area contributed by atoms with Crippen LogP contribution in [0.4, 0.5) is 0 Å². The zero-order valence-corrected chi connectivity index (χ0v) is 9.87. The summed E-state index contributed by atoms with van der Waals surface area (Å²) in [7, 11) is -3.36. The van der Waals surface area contributed by atoms with Crippen molar-refractivity contribution in [3.63, 3.8) is 0 Å². The fraction of sp³-hybridized carbons (Fsp3) is 0.364. The van der Waals surface area contributed by atoms with Gasteiger partial charge in [0.2, 0.25) is 0 Å². The van der Waals surface area contributed by atoms with Crippen molar-refractivity contribution < 1.29 is 17.9 Å². The molecule has 16 heavy (non-hydrogen) atoms. The molecule has 5 heteroatoms. The predicted molar refractivity (Wildman–Crippen MR) is 60.1 cm³/mol. The number of carbonyl (C=O) groups excluding carboxylic acids is 1. The van der Waals surface area contributed by atoms with Gasteiger partial charge in [-0.25, -0.2) is 8.42 Å². The van der Waals surface area contributed by atoms with Gasteiger partial charge in [0.1, 0.15) is 10.6 Å². The van der Waals surface area contributed by atoms with E-state index in [0.717, 1.165) is 6.42 Å². The number of hydrogen-bond acceptors (Lipinski definition) is 4. The molecule has 0 atom stereocenters. The Morgan fingerprint density at radius 1 is 1.31 bits per heavy atom. The molecule has 0 bridgehead atoms. The Morgan fingerprint density at radius 2 is 2.00 bits per heavy atom. The zero-order chi connectivity index (χ0) is 12.0. The summed E-state index contributed by atoms with van der Waals surface area (Å²) in [5.74, 6) is 0.163. The lowest BCUT2D eigenvalue weighted by Gasteiger charge is -2.07. The van der Waals surface area contributed by atoms with Crippen molar-refractivity contribution in [1.82, 2.24) is 0 Å². The van der Waals surface area contributed by atoms with E-state index < -0.39 is 9.84 Å². The third-order valence-electron chi connectivity index (χ3n) is 2.13. The SMILES string of the molecule is CCCCS(=O)(=O)c1ccccc1OC=O. The minimum atomic E-state index is -3.36. The first-order chi connectivity index (χ1) is 7.61. The number of unbranched alkanes of at least 4 members (excludes halogenated alkanes) is 1. The first-order valence-electron chi connectivity index (χ1n) is 5.04. The Labute approximate surface area is 95.2 Å². The molecule has 0 N–H and O–H groups in total. The maximum Gasteiger partial charge on any atom is 0.298 e. The van der Waals surface area contributed by atoms with Gasteiger partial charge in [-0.15, -0.1) is 0 Å². The maximum absolute atomic E-state index is 11.9. The summed E-state index contributed by atoms with van der Waals surface area (Å²) in [5, 5.41) is 0. The topological polar surface area (TPSA) is 60.4 Å². The van der Waals surface area contributed by atoms with Gasteiger partial charge in [-0.3, -0.25) is 4.79 Å². The van der Waals surface area contributed by atoms with Gasteiger partial charge >= 0.3 is 0 Å². The van der Waals surface area contributed by atoms with Crippen LogP contribution in [0.1, 0.15) is 19.8 Å². The molecular formula is C11H14O4S. The molecule has 0 saturated heterocycles. The van der Waals surface area contributed by atoms with Gasteiger partial charge in [0.15, 0.2) is 9.84 Å². The fourth-order valence-electron chi connectivity index (χ4n) is 1.30. The number of ether oxygens (including phenoxy) is 1. The van der Waals surface area contributed by atoms with Gasteiger partial charge in [-0.05, 0) is 18.6 Å². The number of para-hydroxylation sites is 1. The molecule has 0 heterocycles. The normalized spacial score (nSPS) is 11.1. The largest absolute Gasteiger partial charge is 0.427 e. The Kier molecular flexibility index (Phi) is 4.49. The van der Waals surface area contributed by atoms with E-state index >= 15 is 0 Å². The van der Waals surface area contributed by atoms with Crippen LogP contribution < -0.4 is 4.74 Å². The molecule has 1 aromatic rings. The summed E-state index contributed by atoms with van der Waals surface area (Å²) >= 11 is 0. The van der Waals surface area contributed by atoms with E-state index in [1.807, 2.05) is 6.92 Å². The summed E-state index contributed by atoms with van der Waals surface area (Å²) < 4.78 is 28.4. The second-order valence-electron chi connectivity index (χ2n) is 3.33. The molecule has 0 radical (unpaired) electrons. The smallest absolute Gasteiger partial charge is 0.298 e. The highest BCUT2D eigenvalue weighted by Crippen LogP contribution is 2.24. The molecule has 0 aliphatic carbocycles. The third kappa shape index (κ3) is 3.06. The van der Waals surface area contributed by atoms with Crippen LogP contribution in [0.15, 0.2) is 29.2 Å². The standard InChI is InChI=1S/C11H14O4S/c1-2-3-8-16(13,14)11-7-5-4-6-10(11)15-9-12/h4-7,9H,2-3,8H2,1H3. The van der Waals surface area contributed by atoms with Crippen molar-refractivity contribution in [3.05, 3.63) is 24.3 Å². The number of carbonyl (C=O) groups is 1. The lowest BCUT2D eigenvalue weighted by molar-refractivity contribution is -0.120. The summed E-state index contributed by atoms with van der Waals surface area (Å²) in [6, 6.07) is 6.14. The first kappa shape index (κ1) is 12.7. The lowest BCUT2D eigenvalue weighted by atomic mass is 10.3. The van der Waals surface area contributed by atoms with Crippen LogP contribution in [0.25, 0.3) is 0 Å². The average molecular weight is 242 g/mol. The van der Waals surface area contributed by atoms with Crippen LogP contribution in [0, 0.1) is 0 Å². The number of benzene rings is 1. The van der Waals surface area contributed by atoms with Crippen LogP contribution in [0.3, 0.4) is 0 Å². The molecule has 0 spiro atoms. The van der Waals surface area contributed by atoms with Gasteiger partial charge < -0.3 is 4.74 Å². The van der Waals surface area contributed by atoms with Crippen molar-refractivity contribution in [2.24, 2.45) is 0 Å². The number of rotatable bonds is 6. The van der Waals surface area contributed by atoms with E-state index in [0.29, 0.717) is 6.42 Å². The Morgan fingerprint density at radius 3 is 2.62 bits per heavy atom. The van der Waals surface area contributed by atoms with Crippen molar-refractivity contribution in [2.75, 3.05) is 5.75 Å². The summed E-state index contributed by atoms with van der Waals surface area (Å²) in [5.41, 5.74) is 0. The lowest BCUT2D eigenvalue weighted by Crippen LogP contribution is -2.08. The molecule has 0 fully saturated rings. The first-order valence-corrected chi connectivity index (χ1v) is 6.69.